The summed E-state index contributed by atoms with van der Waals surface area (Å²) in [6.45, 7) is 0.478. The number of nitrogens with zero attached hydrogens (tertiary/aromatic N) is 2. The average Bonchev–Trinajstić information content (AvgIpc) is 3.56. The Balaban J connectivity index is 1.26. The van der Waals surface area contributed by atoms with Crippen molar-refractivity contribution in [2.24, 2.45) is 5.10 Å². The summed E-state index contributed by atoms with van der Waals surface area (Å²) in [6.07, 6.45) is 2.70. The molecule has 2 atom stereocenters. The van der Waals surface area contributed by atoms with Crippen molar-refractivity contribution < 1.29 is 14.3 Å². The first kappa shape index (κ1) is 23.6. The smallest absolute Gasteiger partial charge is 0.314 e. The summed E-state index contributed by atoms with van der Waals surface area (Å²) in [7, 11) is 0. The second-order valence-corrected chi connectivity index (χ2v) is 10.6. The Morgan fingerprint density at radius 2 is 1.74 bits per heavy atom. The highest BCUT2D eigenvalue weighted by molar-refractivity contribution is 8.17. The minimum absolute atomic E-state index is 0.0758. The molecule has 0 radical (unpaired) electrons. The lowest BCUT2D eigenvalue weighted by Gasteiger charge is -2.45. The highest BCUT2D eigenvalue weighted by Crippen LogP contribution is 2.52. The van der Waals surface area contributed by atoms with Crippen molar-refractivity contribution in [3.63, 3.8) is 0 Å². The number of para-hydroxylation sites is 1. The van der Waals surface area contributed by atoms with E-state index in [1.807, 2.05) is 102 Å². The number of hydrogen-bond donors (Lipinski definition) is 1. The zero-order valence-electron chi connectivity index (χ0n) is 21.0. The number of thioether (sulfide) groups is 1. The van der Waals surface area contributed by atoms with E-state index in [-0.39, 0.29) is 11.3 Å². The Bertz CT molecular complexity index is 1610. The molecular formula is C32H25N3O3S. The fourth-order valence-corrected chi connectivity index (χ4v) is 6.17. The van der Waals surface area contributed by atoms with Gasteiger partial charge in [-0.05, 0) is 52.7 Å². The number of carbonyl (C=O) groups is 1. The molecule has 39 heavy (non-hydrogen) atoms. The van der Waals surface area contributed by atoms with E-state index in [1.54, 1.807) is 0 Å². The Labute approximate surface area is 231 Å². The van der Waals surface area contributed by atoms with Gasteiger partial charge in [-0.3, -0.25) is 10.1 Å². The average molecular weight is 532 g/mol. The molecule has 0 unspecified atom stereocenters. The molecule has 4 aromatic rings. The minimum Gasteiger partial charge on any atom is -0.489 e. The van der Waals surface area contributed by atoms with Gasteiger partial charge in [0.1, 0.15) is 18.1 Å². The van der Waals surface area contributed by atoms with Crippen LogP contribution in [0.3, 0.4) is 0 Å². The number of carbonyl (C=O) groups excluding carboxylic acids is 1. The van der Waals surface area contributed by atoms with Crippen LogP contribution < -0.4 is 14.8 Å². The van der Waals surface area contributed by atoms with Gasteiger partial charge >= 0.3 is 5.85 Å². The van der Waals surface area contributed by atoms with Gasteiger partial charge in [0.2, 0.25) is 0 Å². The van der Waals surface area contributed by atoms with Crippen LogP contribution in [0.25, 0.3) is 6.08 Å². The van der Waals surface area contributed by atoms with E-state index in [0.29, 0.717) is 13.0 Å². The number of rotatable bonds is 5. The molecule has 0 aromatic heterocycles. The molecule has 3 aliphatic heterocycles. The van der Waals surface area contributed by atoms with Crippen molar-refractivity contribution in [3.05, 3.63) is 136 Å². The van der Waals surface area contributed by atoms with Crippen LogP contribution >= 0.6 is 11.8 Å². The van der Waals surface area contributed by atoms with E-state index in [1.165, 1.54) is 0 Å². The number of benzene rings is 4. The van der Waals surface area contributed by atoms with Crippen molar-refractivity contribution in [1.29, 1.82) is 0 Å². The van der Waals surface area contributed by atoms with E-state index in [9.17, 15) is 4.79 Å². The van der Waals surface area contributed by atoms with E-state index in [4.69, 9.17) is 14.6 Å². The molecule has 7 rings (SSSR count). The molecule has 1 amide bonds. The molecule has 1 spiro atoms. The monoisotopic (exact) mass is 531 g/mol. The lowest BCUT2D eigenvalue weighted by atomic mass is 9.95. The van der Waals surface area contributed by atoms with Gasteiger partial charge in [-0.25, -0.2) is 5.01 Å². The topological polar surface area (TPSA) is 63.2 Å². The third-order valence-corrected chi connectivity index (χ3v) is 7.99. The fraction of sp³-hybridized carbons (Fsp3) is 0.125. The Hall–Kier alpha value is -4.49. The van der Waals surface area contributed by atoms with Crippen LogP contribution in [-0.4, -0.2) is 21.8 Å². The van der Waals surface area contributed by atoms with Crippen LogP contribution in [0.5, 0.6) is 11.5 Å². The van der Waals surface area contributed by atoms with E-state index in [0.717, 1.165) is 56.1 Å². The quantitative estimate of drug-likeness (QED) is 0.302. The van der Waals surface area contributed by atoms with E-state index in [2.05, 4.69) is 23.5 Å². The van der Waals surface area contributed by atoms with Crippen LogP contribution in [0.1, 0.15) is 34.7 Å². The summed E-state index contributed by atoms with van der Waals surface area (Å²) in [5.74, 6) is 0.262. The van der Waals surface area contributed by atoms with Gasteiger partial charge in [-0.15, -0.1) is 0 Å². The molecular weight excluding hydrogens is 506 g/mol. The zero-order chi connectivity index (χ0) is 26.2. The molecule has 192 valence electrons. The van der Waals surface area contributed by atoms with Gasteiger partial charge in [0.25, 0.3) is 5.24 Å². The maximum atomic E-state index is 12.9. The normalized spacial score (nSPS) is 22.2. The number of ether oxygens (including phenoxy) is 2. The zero-order valence-corrected chi connectivity index (χ0v) is 21.8. The summed E-state index contributed by atoms with van der Waals surface area (Å²) in [5.41, 5.74) is 5.08. The third-order valence-electron chi connectivity index (χ3n) is 7.09. The van der Waals surface area contributed by atoms with Crippen molar-refractivity contribution in [1.82, 2.24) is 10.3 Å². The Morgan fingerprint density at radius 1 is 0.974 bits per heavy atom. The van der Waals surface area contributed by atoms with Crippen LogP contribution in [0, 0.1) is 0 Å². The summed E-state index contributed by atoms with van der Waals surface area (Å²) in [6, 6.07) is 36.0. The van der Waals surface area contributed by atoms with Gasteiger partial charge in [0, 0.05) is 12.0 Å². The second-order valence-electron chi connectivity index (χ2n) is 9.63. The molecule has 0 saturated carbocycles. The molecule has 3 aliphatic rings. The van der Waals surface area contributed by atoms with Gasteiger partial charge in [-0.1, -0.05) is 91.0 Å². The maximum absolute atomic E-state index is 12.9. The van der Waals surface area contributed by atoms with Gasteiger partial charge in [-0.2, -0.15) is 5.10 Å². The minimum atomic E-state index is -1.24. The third kappa shape index (κ3) is 4.34. The summed E-state index contributed by atoms with van der Waals surface area (Å²) >= 11 is 1.14. The molecule has 0 aliphatic carbocycles. The van der Waals surface area contributed by atoms with Gasteiger partial charge < -0.3 is 9.47 Å². The standard InChI is InChI=1S/C32H25N3O3S/c36-31-33-32(30(39-31)19-23-12-9-15-25(18-23)37-21-22-10-3-1-4-11-22)35-28(26-16-7-8-17-29(26)38-32)20-27(34-35)24-13-5-2-6-14-24/h1-19,28H,20-21H2,(H,33,36)/b30-19-/t28-,32-/m1/s1. The first-order valence-corrected chi connectivity index (χ1v) is 13.7. The second kappa shape index (κ2) is 9.67. The lowest BCUT2D eigenvalue weighted by molar-refractivity contribution is -0.0949. The Morgan fingerprint density at radius 3 is 2.59 bits per heavy atom. The summed E-state index contributed by atoms with van der Waals surface area (Å²) in [4.78, 5) is 13.7. The van der Waals surface area contributed by atoms with E-state index >= 15 is 0 Å². The number of fused-ring (bicyclic) bond motifs is 4. The number of amides is 1. The summed E-state index contributed by atoms with van der Waals surface area (Å²) < 4.78 is 12.7. The van der Waals surface area contributed by atoms with Crippen LogP contribution in [0.4, 0.5) is 4.79 Å². The van der Waals surface area contributed by atoms with Gasteiger partial charge in [0.15, 0.2) is 0 Å². The van der Waals surface area contributed by atoms with Crippen LogP contribution in [-0.2, 0) is 6.61 Å². The first-order valence-electron chi connectivity index (χ1n) is 12.9. The highest BCUT2D eigenvalue weighted by Gasteiger charge is 2.58. The number of hydrogen-bond acceptors (Lipinski definition) is 6. The SMILES string of the molecule is O=C1N[C@]2(Oc3ccccc3[C@H]3CC(c4ccccc4)=NN32)/C(=C/c2cccc(OCc3ccccc3)c2)S1. The fourth-order valence-electron chi connectivity index (χ4n) is 5.26. The van der Waals surface area contributed by atoms with Crippen LogP contribution in [0.15, 0.2) is 119 Å². The Kier molecular flexibility index (Phi) is 5.86. The largest absolute Gasteiger partial charge is 0.489 e. The predicted octanol–water partition coefficient (Wildman–Crippen LogP) is 6.96. The molecule has 3 heterocycles. The predicted molar refractivity (Wildman–Crippen MR) is 153 cm³/mol. The maximum Gasteiger partial charge on any atom is 0.314 e. The number of nitrogens with one attached hydrogen (secondary N) is 1. The van der Waals surface area contributed by atoms with Crippen molar-refractivity contribution >= 4 is 28.8 Å². The van der Waals surface area contributed by atoms with Crippen molar-refractivity contribution in [2.75, 3.05) is 0 Å². The molecule has 6 nitrogen and oxygen atoms in total. The van der Waals surface area contributed by atoms with E-state index < -0.39 is 5.85 Å². The summed E-state index contributed by atoms with van der Waals surface area (Å²) in [5, 5.41) is 9.91. The molecule has 1 N–H and O–H groups in total. The van der Waals surface area contributed by atoms with Crippen LogP contribution in [0.2, 0.25) is 0 Å². The molecule has 1 saturated heterocycles. The van der Waals surface area contributed by atoms with Gasteiger partial charge in [0.05, 0.1) is 16.7 Å². The number of hydrazone groups is 1. The lowest BCUT2D eigenvalue weighted by Crippen LogP contribution is -2.61. The highest BCUT2D eigenvalue weighted by atomic mass is 32.2. The first-order chi connectivity index (χ1) is 19.2. The molecule has 4 aromatic carbocycles. The van der Waals surface area contributed by atoms with Crippen molar-refractivity contribution in [2.45, 2.75) is 24.9 Å². The molecule has 0 bridgehead atoms. The molecule has 1 fully saturated rings. The van der Waals surface area contributed by atoms with Crippen molar-refractivity contribution in [3.8, 4) is 11.5 Å². The molecule has 7 heteroatoms.